The first kappa shape index (κ1) is 32.3. The monoisotopic (exact) mass is 649 g/mol. The molecular weight excluding hydrogens is 580 g/mol. The lowest BCUT2D eigenvalue weighted by Crippen LogP contribution is -2.80. The van der Waals surface area contributed by atoms with Crippen molar-refractivity contribution in [1.82, 2.24) is 0 Å². The summed E-state index contributed by atoms with van der Waals surface area (Å²) in [6.07, 6.45) is 31.0. The molecule has 9 aliphatic carbocycles. The molecular formula is C43H68O4. The Morgan fingerprint density at radius 3 is 2.13 bits per heavy atom. The highest BCUT2D eigenvalue weighted by Gasteiger charge is 2.79. The maximum Gasteiger partial charge on any atom is 0.305 e. The quantitative estimate of drug-likeness (QED) is 0.0765. The molecule has 0 heterocycles. The van der Waals surface area contributed by atoms with Crippen molar-refractivity contribution in [2.24, 2.45) is 88.3 Å². The van der Waals surface area contributed by atoms with Crippen molar-refractivity contribution >= 4 is 5.97 Å². The van der Waals surface area contributed by atoms with Crippen molar-refractivity contribution in [3.63, 3.8) is 0 Å². The lowest BCUT2D eigenvalue weighted by molar-refractivity contribution is -0.375. The predicted octanol–water partition coefficient (Wildman–Crippen LogP) is 9.62. The van der Waals surface area contributed by atoms with Crippen LogP contribution < -0.4 is 0 Å². The molecule has 1 N–H and O–H groups in total. The van der Waals surface area contributed by atoms with Crippen LogP contribution in [0.5, 0.6) is 0 Å². The largest absolute Gasteiger partial charge is 0.463 e. The second-order valence-corrected chi connectivity index (χ2v) is 19.2. The van der Waals surface area contributed by atoms with Gasteiger partial charge in [0.1, 0.15) is 12.7 Å². The Morgan fingerprint density at radius 2 is 1.36 bits per heavy atom. The van der Waals surface area contributed by atoms with E-state index in [0.717, 1.165) is 72.0 Å². The Morgan fingerprint density at radius 1 is 0.660 bits per heavy atom. The topological polar surface area (TPSA) is 55.8 Å². The Balaban J connectivity index is 0.538. The predicted molar refractivity (Wildman–Crippen MR) is 185 cm³/mol. The van der Waals surface area contributed by atoms with Crippen LogP contribution in [-0.2, 0) is 14.3 Å². The molecule has 9 aliphatic rings. The summed E-state index contributed by atoms with van der Waals surface area (Å²) < 4.78 is 11.3. The number of hydrogen-bond donors (Lipinski definition) is 1. The fraction of sp³-hybridized carbons (Fsp3) is 0.977. The van der Waals surface area contributed by atoms with Gasteiger partial charge in [0.2, 0.25) is 0 Å². The molecule has 0 aliphatic heterocycles. The van der Waals surface area contributed by atoms with Crippen molar-refractivity contribution < 1.29 is 19.4 Å². The molecule has 4 nitrogen and oxygen atoms in total. The molecule has 4 heteroatoms. The van der Waals surface area contributed by atoms with Crippen LogP contribution in [0.3, 0.4) is 0 Å². The lowest BCUT2D eigenvalue weighted by Gasteiger charge is -2.85. The molecule has 0 aromatic carbocycles. The fourth-order valence-corrected chi connectivity index (χ4v) is 15.3. The van der Waals surface area contributed by atoms with E-state index in [9.17, 15) is 9.90 Å². The zero-order valence-corrected chi connectivity index (χ0v) is 29.7. The number of carbonyl (C=O) groups excluding carboxylic acids is 1. The van der Waals surface area contributed by atoms with Gasteiger partial charge in [-0.15, -0.1) is 0 Å². The number of aliphatic hydroxyl groups is 1. The molecule has 9 saturated carbocycles. The van der Waals surface area contributed by atoms with Crippen molar-refractivity contribution in [3.05, 3.63) is 0 Å². The number of esters is 1. The first-order valence-corrected chi connectivity index (χ1v) is 21.6. The van der Waals surface area contributed by atoms with E-state index in [2.05, 4.69) is 0 Å². The highest BCUT2D eigenvalue weighted by molar-refractivity contribution is 5.69. The summed E-state index contributed by atoms with van der Waals surface area (Å²) >= 11 is 0. The molecule has 264 valence electrons. The van der Waals surface area contributed by atoms with E-state index in [1.54, 1.807) is 51.4 Å². The summed E-state index contributed by atoms with van der Waals surface area (Å²) in [5.41, 5.74) is 0.857. The van der Waals surface area contributed by atoms with Crippen LogP contribution in [0.1, 0.15) is 148 Å². The van der Waals surface area contributed by atoms with E-state index in [4.69, 9.17) is 9.47 Å². The van der Waals surface area contributed by atoms with Gasteiger partial charge in [-0.2, -0.15) is 0 Å². The molecule has 15 unspecified atom stereocenters. The second kappa shape index (κ2) is 13.5. The van der Waals surface area contributed by atoms with Crippen molar-refractivity contribution in [3.8, 4) is 0 Å². The minimum atomic E-state index is -0.378. The number of fused-ring (bicyclic) bond motifs is 12. The smallest absolute Gasteiger partial charge is 0.305 e. The summed E-state index contributed by atoms with van der Waals surface area (Å²) in [7, 11) is 0. The molecule has 16 atom stereocenters. The van der Waals surface area contributed by atoms with Crippen LogP contribution in [0.15, 0.2) is 0 Å². The zero-order chi connectivity index (χ0) is 31.5. The summed E-state index contributed by atoms with van der Waals surface area (Å²) in [5, 5.41) is 9.70. The number of rotatable bonds is 21. The molecule has 9 rings (SSSR count). The van der Waals surface area contributed by atoms with Crippen LogP contribution in [0, 0.1) is 88.3 Å². The third-order valence-electron chi connectivity index (χ3n) is 17.7. The normalized spacial score (nSPS) is 47.3. The minimum absolute atomic E-state index is 0.0786. The number of ether oxygens (including phenoxy) is 2. The maximum absolute atomic E-state index is 12.3. The lowest BCUT2D eigenvalue weighted by atomic mass is 9.20. The van der Waals surface area contributed by atoms with Gasteiger partial charge in [-0.3, -0.25) is 4.79 Å². The van der Waals surface area contributed by atoms with Crippen LogP contribution in [0.4, 0.5) is 0 Å². The highest BCUT2D eigenvalue weighted by Crippen LogP contribution is 2.84. The first-order chi connectivity index (χ1) is 23.2. The van der Waals surface area contributed by atoms with E-state index in [0.29, 0.717) is 13.0 Å². The third kappa shape index (κ3) is 5.44. The number of hydrogen-bond acceptors (Lipinski definition) is 4. The molecule has 0 aromatic rings. The van der Waals surface area contributed by atoms with E-state index < -0.39 is 0 Å². The molecule has 0 aromatic heterocycles. The standard InChI is InChI=1S/C43H68O4/c44-25-29(46-21-11-7-2-1-4-8-12-27-19-20-43-24-34(36(43)22-27)30-17-18-35(30)43)26-47-37(45)14-10-6-3-5-9-13-28-23-33-38(28)42-40-32-16-15-31(32)39(40)41(33)42/h27-36,38-42,44H,1-26H2/t27?,28?,29-,30?,31?,32?,33?,34?,35?,36?,38?,39?,40?,41?,42?,43?/m0/s1. The Labute approximate surface area is 286 Å². The summed E-state index contributed by atoms with van der Waals surface area (Å²) in [6, 6.07) is 0. The van der Waals surface area contributed by atoms with Gasteiger partial charge in [-0.1, -0.05) is 70.6 Å². The first-order valence-electron chi connectivity index (χ1n) is 21.6. The maximum atomic E-state index is 12.3. The third-order valence-corrected chi connectivity index (χ3v) is 17.7. The van der Waals surface area contributed by atoms with Crippen molar-refractivity contribution in [1.29, 1.82) is 0 Å². The van der Waals surface area contributed by atoms with Crippen LogP contribution in [0.2, 0.25) is 0 Å². The van der Waals surface area contributed by atoms with Gasteiger partial charge in [0.15, 0.2) is 0 Å². The average molecular weight is 649 g/mol. The van der Waals surface area contributed by atoms with Gasteiger partial charge in [-0.05, 0) is 159 Å². The van der Waals surface area contributed by atoms with Gasteiger partial charge in [0.25, 0.3) is 0 Å². The molecule has 0 radical (unpaired) electrons. The zero-order valence-electron chi connectivity index (χ0n) is 29.7. The van der Waals surface area contributed by atoms with E-state index in [-0.39, 0.29) is 25.3 Å². The molecule has 47 heavy (non-hydrogen) atoms. The van der Waals surface area contributed by atoms with Crippen molar-refractivity contribution in [2.45, 2.75) is 154 Å². The van der Waals surface area contributed by atoms with E-state index in [1.165, 1.54) is 106 Å². The summed E-state index contributed by atoms with van der Waals surface area (Å²) in [5.74, 6) is 16.1. The summed E-state index contributed by atoms with van der Waals surface area (Å²) in [4.78, 5) is 12.3. The molecule has 0 amide bonds. The van der Waals surface area contributed by atoms with Crippen molar-refractivity contribution in [2.75, 3.05) is 19.8 Å². The molecule has 0 saturated heterocycles. The number of carbonyl (C=O) groups is 1. The Hall–Kier alpha value is -0.610. The van der Waals surface area contributed by atoms with Crippen LogP contribution in [-0.4, -0.2) is 37.0 Å². The van der Waals surface area contributed by atoms with Gasteiger partial charge in [0.05, 0.1) is 6.61 Å². The fourth-order valence-electron chi connectivity index (χ4n) is 15.3. The van der Waals surface area contributed by atoms with Gasteiger partial charge in [-0.25, -0.2) is 0 Å². The van der Waals surface area contributed by atoms with Gasteiger partial charge >= 0.3 is 5.97 Å². The summed E-state index contributed by atoms with van der Waals surface area (Å²) in [6.45, 7) is 0.766. The molecule has 0 spiro atoms. The van der Waals surface area contributed by atoms with Gasteiger partial charge < -0.3 is 14.6 Å². The number of unbranched alkanes of at least 4 members (excludes halogenated alkanes) is 9. The van der Waals surface area contributed by atoms with Gasteiger partial charge in [0, 0.05) is 13.0 Å². The van der Waals surface area contributed by atoms with E-state index >= 15 is 0 Å². The second-order valence-electron chi connectivity index (χ2n) is 19.2. The SMILES string of the molecule is O=C(CCCCCCCC1CC2C1C1C3C4CCC4C3C21)OC[C@H](CO)OCCCCCCCCC1CCC23CC(C4CCC42)C3C1. The highest BCUT2D eigenvalue weighted by atomic mass is 16.6. The molecule has 9 fully saturated rings. The Kier molecular flexibility index (Phi) is 9.28. The average Bonchev–Trinajstić information content (AvgIpc) is 3.36. The van der Waals surface area contributed by atoms with Crippen LogP contribution in [0.25, 0.3) is 0 Å². The minimum Gasteiger partial charge on any atom is -0.463 e. The molecule has 2 bridgehead atoms. The Bertz CT molecular complexity index is 1100. The van der Waals surface area contributed by atoms with E-state index in [1.807, 2.05) is 0 Å². The van der Waals surface area contributed by atoms with Crippen LogP contribution >= 0.6 is 0 Å². The number of aliphatic hydroxyl groups excluding tert-OH is 1.